The first-order valence-electron chi connectivity index (χ1n) is 5.32. The van der Waals surface area contributed by atoms with Crippen molar-refractivity contribution >= 4 is 23.1 Å². The van der Waals surface area contributed by atoms with E-state index in [1.807, 2.05) is 23.1 Å². The lowest BCUT2D eigenvalue weighted by molar-refractivity contribution is 0.517. The van der Waals surface area contributed by atoms with Gasteiger partial charge in [0.15, 0.2) is 0 Å². The van der Waals surface area contributed by atoms with Gasteiger partial charge in [0.25, 0.3) is 0 Å². The van der Waals surface area contributed by atoms with Crippen molar-refractivity contribution in [3.05, 3.63) is 21.9 Å². The summed E-state index contributed by atoms with van der Waals surface area (Å²) in [5.74, 6) is 6.71. The van der Waals surface area contributed by atoms with E-state index in [1.54, 1.807) is 0 Å². The molecule has 3 N–H and O–H groups in total. The largest absolute Gasteiger partial charge is 0.271 e. The van der Waals surface area contributed by atoms with E-state index < -0.39 is 0 Å². The van der Waals surface area contributed by atoms with E-state index in [-0.39, 0.29) is 0 Å². The molecule has 4 heteroatoms. The molecule has 0 aromatic carbocycles. The van der Waals surface area contributed by atoms with Gasteiger partial charge in [-0.05, 0) is 43.4 Å². The molecule has 0 aliphatic heterocycles. The highest BCUT2D eigenvalue weighted by Crippen LogP contribution is 2.19. The van der Waals surface area contributed by atoms with Gasteiger partial charge in [-0.3, -0.25) is 11.3 Å². The Bertz CT molecular complexity index is 273. The molecule has 0 spiro atoms. The molecule has 1 atom stereocenters. The SMILES string of the molecule is CCc1ccc(CC(CCSC)NN)s1. The second-order valence-corrected chi connectivity index (χ2v) is 5.81. The molecule has 0 amide bonds. The lowest BCUT2D eigenvalue weighted by atomic mass is 10.1. The van der Waals surface area contributed by atoms with E-state index >= 15 is 0 Å². The Morgan fingerprint density at radius 3 is 2.73 bits per heavy atom. The zero-order valence-electron chi connectivity index (χ0n) is 9.45. The zero-order valence-corrected chi connectivity index (χ0v) is 11.1. The Kier molecular flexibility index (Phi) is 6.32. The van der Waals surface area contributed by atoms with Crippen molar-refractivity contribution < 1.29 is 0 Å². The highest BCUT2D eigenvalue weighted by molar-refractivity contribution is 7.98. The van der Waals surface area contributed by atoms with Gasteiger partial charge in [-0.2, -0.15) is 11.8 Å². The van der Waals surface area contributed by atoms with E-state index in [0.717, 1.165) is 19.3 Å². The van der Waals surface area contributed by atoms with E-state index in [0.29, 0.717) is 6.04 Å². The first-order chi connectivity index (χ1) is 7.30. The first-order valence-corrected chi connectivity index (χ1v) is 7.53. The van der Waals surface area contributed by atoms with Gasteiger partial charge in [0.1, 0.15) is 0 Å². The van der Waals surface area contributed by atoms with Crippen LogP contribution in [-0.2, 0) is 12.8 Å². The fraction of sp³-hybridized carbons (Fsp3) is 0.636. The Morgan fingerprint density at radius 2 is 2.20 bits per heavy atom. The molecule has 2 nitrogen and oxygen atoms in total. The maximum atomic E-state index is 5.55. The van der Waals surface area contributed by atoms with Gasteiger partial charge >= 0.3 is 0 Å². The second kappa shape index (κ2) is 7.28. The number of thiophene rings is 1. The standard InChI is InChI=1S/C11H20N2S2/c1-3-10-4-5-11(15-10)8-9(13-12)6-7-14-2/h4-5,9,13H,3,6-8,12H2,1-2H3. The molecule has 1 aromatic heterocycles. The number of hydrogen-bond acceptors (Lipinski definition) is 4. The van der Waals surface area contributed by atoms with Gasteiger partial charge in [-0.1, -0.05) is 6.92 Å². The minimum Gasteiger partial charge on any atom is -0.271 e. The summed E-state index contributed by atoms with van der Waals surface area (Å²) in [6, 6.07) is 4.87. The Labute approximate surface area is 101 Å². The van der Waals surface area contributed by atoms with Crippen LogP contribution >= 0.6 is 23.1 Å². The number of hydrazine groups is 1. The second-order valence-electron chi connectivity index (χ2n) is 3.57. The predicted molar refractivity (Wildman–Crippen MR) is 71.5 cm³/mol. The summed E-state index contributed by atoms with van der Waals surface area (Å²) >= 11 is 3.78. The molecule has 1 heterocycles. The minimum absolute atomic E-state index is 0.417. The van der Waals surface area contributed by atoms with Crippen molar-refractivity contribution in [1.82, 2.24) is 5.43 Å². The molecule has 86 valence electrons. The average molecular weight is 244 g/mol. The molecule has 0 fully saturated rings. The van der Waals surface area contributed by atoms with Crippen molar-refractivity contribution in [3.63, 3.8) is 0 Å². The van der Waals surface area contributed by atoms with E-state index in [4.69, 9.17) is 5.84 Å². The lowest BCUT2D eigenvalue weighted by Gasteiger charge is -2.13. The summed E-state index contributed by atoms with van der Waals surface area (Å²) in [7, 11) is 0. The van der Waals surface area contributed by atoms with Crippen LogP contribution in [0, 0.1) is 0 Å². The molecule has 1 aromatic rings. The van der Waals surface area contributed by atoms with Gasteiger partial charge in [0.05, 0.1) is 0 Å². The van der Waals surface area contributed by atoms with Gasteiger partial charge in [-0.25, -0.2) is 0 Å². The smallest absolute Gasteiger partial charge is 0.0266 e. The van der Waals surface area contributed by atoms with Crippen LogP contribution in [0.2, 0.25) is 0 Å². The van der Waals surface area contributed by atoms with Crippen LogP contribution in [0.5, 0.6) is 0 Å². The highest BCUT2D eigenvalue weighted by atomic mass is 32.2. The molecule has 0 saturated heterocycles. The van der Waals surface area contributed by atoms with Crippen LogP contribution < -0.4 is 11.3 Å². The Hall–Kier alpha value is -0.0300. The first kappa shape index (κ1) is 13.0. The fourth-order valence-corrected chi connectivity index (χ4v) is 3.03. The third kappa shape index (κ3) is 4.55. The van der Waals surface area contributed by atoms with Gasteiger partial charge in [-0.15, -0.1) is 11.3 Å². The Balaban J connectivity index is 2.43. The van der Waals surface area contributed by atoms with Crippen LogP contribution in [-0.4, -0.2) is 18.1 Å². The summed E-state index contributed by atoms with van der Waals surface area (Å²) in [5.41, 5.74) is 2.91. The fourth-order valence-electron chi connectivity index (χ4n) is 1.47. The molecule has 0 bridgehead atoms. The number of rotatable bonds is 7. The minimum atomic E-state index is 0.417. The average Bonchev–Trinajstić information content (AvgIpc) is 2.71. The molecule has 0 radical (unpaired) electrons. The van der Waals surface area contributed by atoms with Crippen LogP contribution in [0.3, 0.4) is 0 Å². The molecule has 0 aliphatic rings. The van der Waals surface area contributed by atoms with Gasteiger partial charge in [0.2, 0.25) is 0 Å². The number of hydrogen-bond donors (Lipinski definition) is 2. The summed E-state index contributed by atoms with van der Waals surface area (Å²) in [6.07, 6.45) is 5.46. The summed E-state index contributed by atoms with van der Waals surface area (Å²) in [4.78, 5) is 2.90. The molecular weight excluding hydrogens is 224 g/mol. The van der Waals surface area contributed by atoms with E-state index in [1.165, 1.54) is 15.5 Å². The van der Waals surface area contributed by atoms with Crippen molar-refractivity contribution in [2.75, 3.05) is 12.0 Å². The van der Waals surface area contributed by atoms with Crippen LogP contribution in [0.4, 0.5) is 0 Å². The van der Waals surface area contributed by atoms with E-state index in [2.05, 4.69) is 30.7 Å². The molecular formula is C11H20N2S2. The highest BCUT2D eigenvalue weighted by Gasteiger charge is 2.08. The van der Waals surface area contributed by atoms with Crippen molar-refractivity contribution in [3.8, 4) is 0 Å². The molecule has 0 aliphatic carbocycles. The molecule has 1 unspecified atom stereocenters. The number of nitrogens with one attached hydrogen (secondary N) is 1. The van der Waals surface area contributed by atoms with Crippen molar-refractivity contribution in [2.45, 2.75) is 32.2 Å². The van der Waals surface area contributed by atoms with Crippen LogP contribution in [0.15, 0.2) is 12.1 Å². The summed E-state index contributed by atoms with van der Waals surface area (Å²) in [6.45, 7) is 2.20. The third-order valence-electron chi connectivity index (χ3n) is 2.42. The third-order valence-corrected chi connectivity index (χ3v) is 4.32. The van der Waals surface area contributed by atoms with Crippen molar-refractivity contribution in [2.24, 2.45) is 5.84 Å². The topological polar surface area (TPSA) is 38.0 Å². The summed E-state index contributed by atoms with van der Waals surface area (Å²) < 4.78 is 0. The van der Waals surface area contributed by atoms with Gasteiger partial charge in [0, 0.05) is 15.8 Å². The zero-order chi connectivity index (χ0) is 11.1. The normalized spacial score (nSPS) is 13.0. The lowest BCUT2D eigenvalue weighted by Crippen LogP contribution is -2.37. The number of thioether (sulfide) groups is 1. The monoisotopic (exact) mass is 244 g/mol. The Morgan fingerprint density at radius 1 is 1.47 bits per heavy atom. The predicted octanol–water partition coefficient (Wildman–Crippen LogP) is 2.44. The van der Waals surface area contributed by atoms with Gasteiger partial charge < -0.3 is 0 Å². The summed E-state index contributed by atoms with van der Waals surface area (Å²) in [5, 5.41) is 0. The van der Waals surface area contributed by atoms with Crippen LogP contribution in [0.25, 0.3) is 0 Å². The quantitative estimate of drug-likeness (QED) is 0.571. The van der Waals surface area contributed by atoms with Crippen LogP contribution in [0.1, 0.15) is 23.1 Å². The van der Waals surface area contributed by atoms with E-state index in [9.17, 15) is 0 Å². The molecule has 0 saturated carbocycles. The maximum absolute atomic E-state index is 5.55. The number of aryl methyl sites for hydroxylation is 1. The molecule has 1 rings (SSSR count). The molecule has 15 heavy (non-hydrogen) atoms. The van der Waals surface area contributed by atoms with Crippen molar-refractivity contribution in [1.29, 1.82) is 0 Å². The number of nitrogens with two attached hydrogens (primary N) is 1. The maximum Gasteiger partial charge on any atom is 0.0266 e.